The molecule has 1 aliphatic rings. The molecule has 2 amide bonds. The van der Waals surface area contributed by atoms with E-state index in [0.717, 1.165) is 34.1 Å². The summed E-state index contributed by atoms with van der Waals surface area (Å²) in [6, 6.07) is 11.5. The van der Waals surface area contributed by atoms with Crippen molar-refractivity contribution in [2.45, 2.75) is 26.2 Å². The Hall–Kier alpha value is -3.06. The summed E-state index contributed by atoms with van der Waals surface area (Å²) in [6.07, 6.45) is 3.51. The lowest BCUT2D eigenvalue weighted by atomic mass is 10.1. The molecule has 28 heavy (non-hydrogen) atoms. The van der Waals surface area contributed by atoms with Gasteiger partial charge < -0.3 is 10.2 Å². The maximum absolute atomic E-state index is 12.3. The van der Waals surface area contributed by atoms with Crippen LogP contribution < -0.4 is 10.2 Å². The highest BCUT2D eigenvalue weighted by Gasteiger charge is 2.22. The van der Waals surface area contributed by atoms with Crippen molar-refractivity contribution < 1.29 is 9.59 Å². The van der Waals surface area contributed by atoms with Gasteiger partial charge >= 0.3 is 0 Å². The van der Waals surface area contributed by atoms with Crippen molar-refractivity contribution in [1.29, 1.82) is 0 Å². The van der Waals surface area contributed by atoms with Crippen LogP contribution in [0.3, 0.4) is 0 Å². The van der Waals surface area contributed by atoms with Crippen LogP contribution >= 0.6 is 11.3 Å². The number of anilines is 2. The average Bonchev–Trinajstić information content (AvgIpc) is 3.34. The molecule has 2 aromatic heterocycles. The summed E-state index contributed by atoms with van der Waals surface area (Å²) in [7, 11) is 0. The minimum Gasteiger partial charge on any atom is -0.326 e. The Morgan fingerprint density at radius 2 is 2.14 bits per heavy atom. The van der Waals surface area contributed by atoms with Gasteiger partial charge in [0, 0.05) is 42.8 Å². The number of pyridine rings is 1. The summed E-state index contributed by atoms with van der Waals surface area (Å²) in [5.41, 5.74) is 4.47. The first-order valence-electron chi connectivity index (χ1n) is 9.17. The second-order valence-corrected chi connectivity index (χ2v) is 7.53. The molecule has 3 aromatic rings. The number of hydrogen-bond acceptors (Lipinski definition) is 5. The fourth-order valence-electron chi connectivity index (χ4n) is 3.28. The number of aromatic nitrogens is 2. The van der Waals surface area contributed by atoms with Crippen LogP contribution in [0.4, 0.5) is 11.4 Å². The highest BCUT2D eigenvalue weighted by molar-refractivity contribution is 7.13. The van der Waals surface area contributed by atoms with Crippen LogP contribution in [0.2, 0.25) is 0 Å². The molecule has 0 fully saturated rings. The molecular formula is C21H20N4O2S. The number of hydrogen-bond donors (Lipinski definition) is 1. The molecule has 0 radical (unpaired) electrons. The van der Waals surface area contributed by atoms with Crippen molar-refractivity contribution in [3.63, 3.8) is 0 Å². The molecule has 0 atom stereocenters. The Kier molecular flexibility index (Phi) is 5.16. The van der Waals surface area contributed by atoms with Crippen LogP contribution in [0.15, 0.2) is 48.0 Å². The Morgan fingerprint density at radius 3 is 2.93 bits per heavy atom. The van der Waals surface area contributed by atoms with Gasteiger partial charge in [0.25, 0.3) is 0 Å². The molecule has 4 rings (SSSR count). The van der Waals surface area contributed by atoms with E-state index in [0.29, 0.717) is 25.1 Å². The van der Waals surface area contributed by atoms with Gasteiger partial charge in [-0.05, 0) is 42.7 Å². The molecule has 0 aliphatic carbocycles. The molecule has 0 unspecified atom stereocenters. The van der Waals surface area contributed by atoms with Crippen LogP contribution in [-0.4, -0.2) is 28.3 Å². The molecule has 1 aromatic carbocycles. The average molecular weight is 392 g/mol. The number of thiazole rings is 1. The number of fused-ring (bicyclic) bond motifs is 1. The highest BCUT2D eigenvalue weighted by atomic mass is 32.1. The lowest BCUT2D eigenvalue weighted by Crippen LogP contribution is -2.25. The van der Waals surface area contributed by atoms with Gasteiger partial charge in [-0.1, -0.05) is 12.1 Å². The Labute approximate surface area is 167 Å². The zero-order valence-electron chi connectivity index (χ0n) is 15.5. The monoisotopic (exact) mass is 392 g/mol. The summed E-state index contributed by atoms with van der Waals surface area (Å²) in [5.74, 6) is -0.0471. The van der Waals surface area contributed by atoms with Gasteiger partial charge in [0.15, 0.2) is 0 Å². The summed E-state index contributed by atoms with van der Waals surface area (Å²) in [4.78, 5) is 34.7. The topological polar surface area (TPSA) is 75.2 Å². The second-order valence-electron chi connectivity index (χ2n) is 6.67. The number of carbonyl (C=O) groups is 2. The Morgan fingerprint density at radius 1 is 1.25 bits per heavy atom. The zero-order chi connectivity index (χ0) is 19.5. The molecule has 1 N–H and O–H groups in total. The van der Waals surface area contributed by atoms with Crippen LogP contribution in [0.1, 0.15) is 24.6 Å². The first kappa shape index (κ1) is 18.3. The normalized spacial score (nSPS) is 12.7. The van der Waals surface area contributed by atoms with Crippen molar-refractivity contribution in [2.24, 2.45) is 0 Å². The predicted molar refractivity (Wildman–Crippen MR) is 110 cm³/mol. The summed E-state index contributed by atoms with van der Waals surface area (Å²) in [5, 5.41) is 5.76. The summed E-state index contributed by atoms with van der Waals surface area (Å²) < 4.78 is 0. The molecular weight excluding hydrogens is 372 g/mol. The molecule has 6 nitrogen and oxygen atoms in total. The van der Waals surface area contributed by atoms with E-state index in [1.807, 2.05) is 41.8 Å². The first-order chi connectivity index (χ1) is 13.6. The molecule has 1 aliphatic heterocycles. The van der Waals surface area contributed by atoms with Gasteiger partial charge in [-0.3, -0.25) is 14.6 Å². The third kappa shape index (κ3) is 3.94. The minimum absolute atomic E-state index is 0.0227. The minimum atomic E-state index is -0.0697. The van der Waals surface area contributed by atoms with Crippen LogP contribution in [0.25, 0.3) is 10.7 Å². The van der Waals surface area contributed by atoms with Crippen LogP contribution in [0.5, 0.6) is 0 Å². The molecule has 0 spiro atoms. The van der Waals surface area contributed by atoms with Crippen molar-refractivity contribution >= 4 is 34.5 Å². The van der Waals surface area contributed by atoms with Crippen LogP contribution in [0, 0.1) is 0 Å². The fourth-order valence-corrected chi connectivity index (χ4v) is 4.11. The quantitative estimate of drug-likeness (QED) is 0.719. The number of aryl methyl sites for hydroxylation is 1. The number of nitrogens with one attached hydrogen (secondary N) is 1. The van der Waals surface area contributed by atoms with Gasteiger partial charge in [-0.25, -0.2) is 4.98 Å². The van der Waals surface area contributed by atoms with E-state index in [-0.39, 0.29) is 11.8 Å². The van der Waals surface area contributed by atoms with Crippen molar-refractivity contribution in [1.82, 2.24) is 9.97 Å². The summed E-state index contributed by atoms with van der Waals surface area (Å²) in [6.45, 7) is 2.26. The fraction of sp³-hybridized carbons (Fsp3) is 0.238. The molecule has 0 bridgehead atoms. The zero-order valence-corrected chi connectivity index (χ0v) is 16.3. The van der Waals surface area contributed by atoms with Gasteiger partial charge in [0.2, 0.25) is 11.8 Å². The Balaban J connectivity index is 1.36. The van der Waals surface area contributed by atoms with Crippen LogP contribution in [-0.2, 0) is 22.4 Å². The largest absolute Gasteiger partial charge is 0.326 e. The molecule has 142 valence electrons. The number of amides is 2. The predicted octanol–water partition coefficient (Wildman–Crippen LogP) is 3.69. The van der Waals surface area contributed by atoms with Gasteiger partial charge in [0.05, 0.1) is 11.4 Å². The van der Waals surface area contributed by atoms with E-state index in [4.69, 9.17) is 0 Å². The maximum atomic E-state index is 12.3. The van der Waals surface area contributed by atoms with E-state index >= 15 is 0 Å². The van der Waals surface area contributed by atoms with Crippen molar-refractivity contribution in [3.05, 3.63) is 59.2 Å². The molecule has 3 heterocycles. The van der Waals surface area contributed by atoms with Gasteiger partial charge in [-0.15, -0.1) is 11.3 Å². The highest BCUT2D eigenvalue weighted by Crippen LogP contribution is 2.31. The van der Waals surface area contributed by atoms with E-state index < -0.39 is 0 Å². The van der Waals surface area contributed by atoms with Crippen molar-refractivity contribution in [3.8, 4) is 10.7 Å². The Bertz CT molecular complexity index is 1020. The molecule has 0 saturated carbocycles. The number of nitrogens with zero attached hydrogens (tertiary/aromatic N) is 3. The maximum Gasteiger partial charge on any atom is 0.224 e. The first-order valence-corrected chi connectivity index (χ1v) is 10.0. The van der Waals surface area contributed by atoms with E-state index in [9.17, 15) is 9.59 Å². The lowest BCUT2D eigenvalue weighted by Gasteiger charge is -2.15. The number of rotatable bonds is 5. The number of carbonyl (C=O) groups excluding carboxylic acids is 2. The standard InChI is InChI=1S/C21H20N4O2S/c1-14(26)25-11-9-15-5-6-16(12-19(15)25)23-20(27)8-7-17-13-28-21(24-17)18-4-2-3-10-22-18/h2-6,10,12-13H,7-9,11H2,1H3,(H,23,27). The molecule has 0 saturated heterocycles. The second kappa shape index (κ2) is 7.90. The van der Waals surface area contributed by atoms with Crippen molar-refractivity contribution in [2.75, 3.05) is 16.8 Å². The third-order valence-electron chi connectivity index (χ3n) is 4.69. The number of benzene rings is 1. The summed E-state index contributed by atoms with van der Waals surface area (Å²) >= 11 is 1.53. The van der Waals surface area contributed by atoms with E-state index in [2.05, 4.69) is 15.3 Å². The van der Waals surface area contributed by atoms with E-state index in [1.54, 1.807) is 18.0 Å². The van der Waals surface area contributed by atoms with Gasteiger partial charge in [-0.2, -0.15) is 0 Å². The smallest absolute Gasteiger partial charge is 0.224 e. The lowest BCUT2D eigenvalue weighted by molar-refractivity contribution is -0.117. The van der Waals surface area contributed by atoms with Gasteiger partial charge in [0.1, 0.15) is 5.01 Å². The SMILES string of the molecule is CC(=O)N1CCc2ccc(NC(=O)CCc3csc(-c4ccccn4)n3)cc21. The van der Waals surface area contributed by atoms with E-state index in [1.165, 1.54) is 11.3 Å². The third-order valence-corrected chi connectivity index (χ3v) is 5.60. The molecule has 7 heteroatoms.